The fourth-order valence-corrected chi connectivity index (χ4v) is 4.25. The minimum atomic E-state index is -0.316. The van der Waals surface area contributed by atoms with Gasteiger partial charge in [-0.25, -0.2) is 0 Å². The molecule has 5 rings (SSSR count). The summed E-state index contributed by atoms with van der Waals surface area (Å²) in [5, 5.41) is 19.8. The van der Waals surface area contributed by atoms with Gasteiger partial charge in [-0.15, -0.1) is 0 Å². The number of fused-ring (bicyclic) bond motifs is 1. The van der Waals surface area contributed by atoms with Gasteiger partial charge in [-0.1, -0.05) is 72.8 Å². The Morgan fingerprint density at radius 2 is 1.55 bits per heavy atom. The van der Waals surface area contributed by atoms with Gasteiger partial charge in [-0.3, -0.25) is 4.79 Å². The SMILES string of the molecule is COc1ccccc1[C@@H]1N=NC(C2=C(O)c3ccccc3C2=O)=C[C@@H]1c1ccccc1. The number of allylic oxidation sites excluding steroid dienone is 1. The molecule has 0 saturated heterocycles. The normalized spacial score (nSPS) is 19.9. The van der Waals surface area contributed by atoms with Crippen LogP contribution in [0.5, 0.6) is 5.75 Å². The molecule has 2 aliphatic rings. The van der Waals surface area contributed by atoms with Crippen molar-refractivity contribution in [3.63, 3.8) is 0 Å². The molecule has 0 aromatic heterocycles. The minimum absolute atomic E-state index is 0.0478. The van der Waals surface area contributed by atoms with Crippen LogP contribution in [-0.4, -0.2) is 18.0 Å². The van der Waals surface area contributed by atoms with Gasteiger partial charge >= 0.3 is 0 Å². The van der Waals surface area contributed by atoms with Crippen LogP contribution >= 0.6 is 0 Å². The molecule has 5 heteroatoms. The zero-order valence-corrected chi connectivity index (χ0v) is 16.9. The molecule has 1 N–H and O–H groups in total. The average Bonchev–Trinajstić information content (AvgIpc) is 3.09. The Bertz CT molecular complexity index is 1260. The maximum atomic E-state index is 13.0. The first-order chi connectivity index (χ1) is 15.2. The largest absolute Gasteiger partial charge is 0.506 e. The van der Waals surface area contributed by atoms with Crippen molar-refractivity contribution in [2.45, 2.75) is 12.0 Å². The molecule has 0 fully saturated rings. The number of aliphatic hydroxyl groups excluding tert-OH is 1. The number of azo groups is 1. The summed E-state index contributed by atoms with van der Waals surface area (Å²) >= 11 is 0. The molecule has 31 heavy (non-hydrogen) atoms. The van der Waals surface area contributed by atoms with E-state index in [-0.39, 0.29) is 29.1 Å². The van der Waals surface area contributed by atoms with E-state index in [0.29, 0.717) is 16.8 Å². The third-order valence-corrected chi connectivity index (χ3v) is 5.76. The molecule has 1 aliphatic heterocycles. The first-order valence-corrected chi connectivity index (χ1v) is 10.1. The second-order valence-corrected chi connectivity index (χ2v) is 7.49. The highest BCUT2D eigenvalue weighted by Crippen LogP contribution is 2.45. The maximum absolute atomic E-state index is 13.0. The van der Waals surface area contributed by atoms with E-state index in [0.717, 1.165) is 16.9 Å². The van der Waals surface area contributed by atoms with E-state index in [9.17, 15) is 9.90 Å². The summed E-state index contributed by atoms with van der Waals surface area (Å²) < 4.78 is 5.56. The molecular formula is C26H20N2O3. The Morgan fingerprint density at radius 3 is 2.29 bits per heavy atom. The number of ether oxygens (including phenoxy) is 1. The molecule has 3 aromatic carbocycles. The zero-order chi connectivity index (χ0) is 21.4. The Balaban J connectivity index is 1.63. The van der Waals surface area contributed by atoms with Gasteiger partial charge in [0.25, 0.3) is 0 Å². The van der Waals surface area contributed by atoms with Gasteiger partial charge in [0, 0.05) is 22.6 Å². The fraction of sp³-hybridized carbons (Fsp3) is 0.115. The average molecular weight is 408 g/mol. The van der Waals surface area contributed by atoms with Gasteiger partial charge in [0.2, 0.25) is 0 Å². The molecule has 5 nitrogen and oxygen atoms in total. The van der Waals surface area contributed by atoms with Crippen molar-refractivity contribution >= 4 is 11.5 Å². The van der Waals surface area contributed by atoms with Crippen LogP contribution in [0, 0.1) is 0 Å². The number of carbonyl (C=O) groups is 1. The van der Waals surface area contributed by atoms with Crippen LogP contribution in [0.3, 0.4) is 0 Å². The molecule has 0 saturated carbocycles. The predicted molar refractivity (Wildman–Crippen MR) is 118 cm³/mol. The van der Waals surface area contributed by atoms with Crippen molar-refractivity contribution in [1.82, 2.24) is 0 Å². The van der Waals surface area contributed by atoms with Crippen molar-refractivity contribution in [2.75, 3.05) is 7.11 Å². The number of nitrogens with zero attached hydrogens (tertiary/aromatic N) is 2. The number of hydrogen-bond donors (Lipinski definition) is 1. The molecular weight excluding hydrogens is 388 g/mol. The van der Waals surface area contributed by atoms with E-state index in [1.54, 1.807) is 31.4 Å². The first kappa shape index (κ1) is 19.0. The number of methoxy groups -OCH3 is 1. The van der Waals surface area contributed by atoms with Gasteiger partial charge in [0.15, 0.2) is 5.78 Å². The first-order valence-electron chi connectivity index (χ1n) is 10.1. The summed E-state index contributed by atoms with van der Waals surface area (Å²) in [6.45, 7) is 0. The number of hydrogen-bond acceptors (Lipinski definition) is 5. The van der Waals surface area contributed by atoms with E-state index in [2.05, 4.69) is 10.2 Å². The molecule has 0 amide bonds. The topological polar surface area (TPSA) is 71.2 Å². The second-order valence-electron chi connectivity index (χ2n) is 7.49. The molecule has 0 bridgehead atoms. The number of rotatable bonds is 4. The Kier molecular flexibility index (Phi) is 4.71. The third-order valence-electron chi connectivity index (χ3n) is 5.76. The van der Waals surface area contributed by atoms with E-state index in [1.165, 1.54) is 0 Å². The molecule has 152 valence electrons. The highest BCUT2D eigenvalue weighted by molar-refractivity contribution is 6.22. The van der Waals surface area contributed by atoms with Crippen molar-refractivity contribution in [2.24, 2.45) is 10.2 Å². The van der Waals surface area contributed by atoms with Crippen LogP contribution in [-0.2, 0) is 0 Å². The lowest BCUT2D eigenvalue weighted by Gasteiger charge is -2.26. The Morgan fingerprint density at radius 1 is 0.871 bits per heavy atom. The van der Waals surface area contributed by atoms with E-state index < -0.39 is 0 Å². The lowest BCUT2D eigenvalue weighted by Crippen LogP contribution is -2.14. The van der Waals surface area contributed by atoms with Crippen molar-refractivity contribution in [1.29, 1.82) is 0 Å². The summed E-state index contributed by atoms with van der Waals surface area (Å²) in [5.41, 5.74) is 3.55. The minimum Gasteiger partial charge on any atom is -0.506 e. The summed E-state index contributed by atoms with van der Waals surface area (Å²) in [6.07, 6.45) is 1.93. The quantitative estimate of drug-likeness (QED) is 0.572. The van der Waals surface area contributed by atoms with Crippen molar-refractivity contribution in [3.8, 4) is 5.75 Å². The number of Topliss-reactive ketones (excluding diaryl/α,β-unsaturated/α-hetero) is 1. The summed E-state index contributed by atoms with van der Waals surface area (Å²) in [6, 6.07) is 24.4. The van der Waals surface area contributed by atoms with Gasteiger partial charge in [0.1, 0.15) is 17.6 Å². The maximum Gasteiger partial charge on any atom is 0.199 e. The van der Waals surface area contributed by atoms with E-state index in [4.69, 9.17) is 4.74 Å². The molecule has 0 radical (unpaired) electrons. The second kappa shape index (κ2) is 7.69. The lowest BCUT2D eigenvalue weighted by atomic mass is 9.85. The third kappa shape index (κ3) is 3.15. The molecule has 0 unspecified atom stereocenters. The van der Waals surface area contributed by atoms with E-state index >= 15 is 0 Å². The number of para-hydroxylation sites is 1. The highest BCUT2D eigenvalue weighted by atomic mass is 16.5. The number of ketones is 1. The van der Waals surface area contributed by atoms with E-state index in [1.807, 2.05) is 60.7 Å². The molecule has 2 atom stereocenters. The van der Waals surface area contributed by atoms with Crippen LogP contribution in [0.4, 0.5) is 0 Å². The predicted octanol–water partition coefficient (Wildman–Crippen LogP) is 6.04. The molecule has 1 heterocycles. The summed E-state index contributed by atoms with van der Waals surface area (Å²) in [4.78, 5) is 13.0. The van der Waals surface area contributed by atoms with Gasteiger partial charge in [-0.05, 0) is 17.7 Å². The summed E-state index contributed by atoms with van der Waals surface area (Å²) in [7, 11) is 1.63. The van der Waals surface area contributed by atoms with Crippen LogP contribution in [0.25, 0.3) is 5.76 Å². The Hall–Kier alpha value is -3.99. The number of aliphatic hydroxyl groups is 1. The molecule has 3 aromatic rings. The van der Waals surface area contributed by atoms with Gasteiger partial charge in [-0.2, -0.15) is 10.2 Å². The van der Waals surface area contributed by atoms with Crippen LogP contribution < -0.4 is 4.74 Å². The van der Waals surface area contributed by atoms with Gasteiger partial charge < -0.3 is 9.84 Å². The highest BCUT2D eigenvalue weighted by Gasteiger charge is 2.36. The van der Waals surface area contributed by atoms with Crippen LogP contribution in [0.1, 0.15) is 39.0 Å². The zero-order valence-electron chi connectivity index (χ0n) is 16.9. The lowest BCUT2D eigenvalue weighted by molar-refractivity contribution is 0.103. The van der Waals surface area contributed by atoms with Crippen LogP contribution in [0.15, 0.2) is 106 Å². The molecule has 1 aliphatic carbocycles. The molecule has 0 spiro atoms. The standard InChI is InChI=1S/C26H20N2O3/c1-31-22-14-8-7-13-19(22)24-20(16-9-3-2-4-10-16)15-21(27-28-24)23-25(29)17-11-5-6-12-18(17)26(23)30/h2-15,20,24,29H,1H3/t20-,24+/m1/s1. The smallest absolute Gasteiger partial charge is 0.199 e. The van der Waals surface area contributed by atoms with Crippen molar-refractivity contribution in [3.05, 3.63) is 118 Å². The number of carbonyl (C=O) groups excluding carboxylic acids is 1. The Labute approximate surface area is 180 Å². The van der Waals surface area contributed by atoms with Crippen molar-refractivity contribution < 1.29 is 14.6 Å². The fourth-order valence-electron chi connectivity index (χ4n) is 4.25. The van der Waals surface area contributed by atoms with Gasteiger partial charge in [0.05, 0.1) is 18.4 Å². The number of benzene rings is 3. The monoisotopic (exact) mass is 408 g/mol. The summed E-state index contributed by atoms with van der Waals surface area (Å²) in [5.74, 6) is 0.270. The van der Waals surface area contributed by atoms with Crippen LogP contribution in [0.2, 0.25) is 0 Å².